The average molecular weight is 378 g/mol. The normalized spacial score (nSPS) is 15.1. The molecule has 0 radical (unpaired) electrons. The van der Waals surface area contributed by atoms with Gasteiger partial charge in [0.25, 0.3) is 0 Å². The number of hydrogen-bond donors (Lipinski definition) is 2. The van der Waals surface area contributed by atoms with Crippen LogP contribution in [0.5, 0.6) is 11.5 Å². The Morgan fingerprint density at radius 3 is 2.04 bits per heavy atom. The van der Waals surface area contributed by atoms with Crippen LogP contribution in [0.3, 0.4) is 0 Å². The monoisotopic (exact) mass is 378 g/mol. The number of carbonyl (C=O) groups excluding carboxylic acids is 3. The molecule has 2 rings (SSSR count). The maximum absolute atomic E-state index is 12.8. The van der Waals surface area contributed by atoms with Gasteiger partial charge in [-0.15, -0.1) is 0 Å². The van der Waals surface area contributed by atoms with Crippen LogP contribution in [0.2, 0.25) is 0 Å². The van der Waals surface area contributed by atoms with Gasteiger partial charge in [0.2, 0.25) is 5.91 Å². The second-order valence-electron chi connectivity index (χ2n) is 7.43. The van der Waals surface area contributed by atoms with Crippen molar-refractivity contribution in [3.05, 3.63) is 17.7 Å². The third-order valence-corrected chi connectivity index (χ3v) is 4.30. The molecule has 0 saturated heterocycles. The van der Waals surface area contributed by atoms with Crippen molar-refractivity contribution in [3.8, 4) is 11.5 Å². The molecule has 0 aromatic heterocycles. The van der Waals surface area contributed by atoms with Crippen molar-refractivity contribution in [1.29, 1.82) is 0 Å². The van der Waals surface area contributed by atoms with Gasteiger partial charge in [0.15, 0.2) is 6.29 Å². The standard InChI is InChI=1S/C19H26N2O6/c1-18(2,3)27-17(24)21-19(7-6-8-19)16(23)20-12-9-14(25-4)13(11-22)15(10-12)26-5/h9-11H,6-8H2,1-5H3,(H,20,23)(H,21,24). The van der Waals surface area contributed by atoms with Gasteiger partial charge < -0.3 is 24.8 Å². The predicted molar refractivity (Wildman–Crippen MR) is 99.5 cm³/mol. The molecule has 0 bridgehead atoms. The van der Waals surface area contributed by atoms with Crippen molar-refractivity contribution < 1.29 is 28.6 Å². The number of alkyl carbamates (subject to hydrolysis) is 1. The summed E-state index contributed by atoms with van der Waals surface area (Å²) in [7, 11) is 2.84. The summed E-state index contributed by atoms with van der Waals surface area (Å²) in [6, 6.07) is 3.06. The number of hydrogen-bond acceptors (Lipinski definition) is 6. The van der Waals surface area contributed by atoms with Gasteiger partial charge in [-0.2, -0.15) is 0 Å². The van der Waals surface area contributed by atoms with E-state index in [0.29, 0.717) is 24.8 Å². The quantitative estimate of drug-likeness (QED) is 0.738. The summed E-state index contributed by atoms with van der Waals surface area (Å²) >= 11 is 0. The molecule has 0 aliphatic heterocycles. The minimum Gasteiger partial charge on any atom is -0.496 e. The topological polar surface area (TPSA) is 103 Å². The highest BCUT2D eigenvalue weighted by Crippen LogP contribution is 2.36. The zero-order chi connectivity index (χ0) is 20.2. The highest BCUT2D eigenvalue weighted by molar-refractivity contribution is 6.01. The maximum atomic E-state index is 12.8. The molecule has 8 heteroatoms. The molecule has 1 fully saturated rings. The van der Waals surface area contributed by atoms with Crippen LogP contribution in [0.1, 0.15) is 50.4 Å². The largest absolute Gasteiger partial charge is 0.496 e. The third kappa shape index (κ3) is 4.69. The Morgan fingerprint density at radius 1 is 1.11 bits per heavy atom. The van der Waals surface area contributed by atoms with Gasteiger partial charge in [-0.25, -0.2) is 4.79 Å². The Labute approximate surface area is 158 Å². The van der Waals surface area contributed by atoms with Crippen molar-refractivity contribution in [2.75, 3.05) is 19.5 Å². The summed E-state index contributed by atoms with van der Waals surface area (Å²) in [5.41, 5.74) is -1.02. The number of ether oxygens (including phenoxy) is 3. The number of carbonyl (C=O) groups is 3. The molecule has 1 aromatic carbocycles. The van der Waals surface area contributed by atoms with Gasteiger partial charge in [0, 0.05) is 17.8 Å². The molecule has 2 amide bonds. The van der Waals surface area contributed by atoms with Gasteiger partial charge in [0.05, 0.1) is 19.8 Å². The fourth-order valence-corrected chi connectivity index (χ4v) is 2.82. The van der Waals surface area contributed by atoms with E-state index < -0.39 is 17.2 Å². The van der Waals surface area contributed by atoms with E-state index in [0.717, 1.165) is 6.42 Å². The first-order valence-corrected chi connectivity index (χ1v) is 8.68. The summed E-state index contributed by atoms with van der Waals surface area (Å²) in [5, 5.41) is 5.46. The predicted octanol–water partition coefficient (Wildman–Crippen LogP) is 2.90. The molecule has 8 nitrogen and oxygen atoms in total. The van der Waals surface area contributed by atoms with Crippen LogP contribution in [0, 0.1) is 0 Å². The number of methoxy groups -OCH3 is 2. The molecule has 1 aliphatic rings. The Hall–Kier alpha value is -2.77. The van der Waals surface area contributed by atoms with Gasteiger partial charge in [0.1, 0.15) is 22.6 Å². The van der Waals surface area contributed by atoms with Crippen LogP contribution in [0.25, 0.3) is 0 Å². The SMILES string of the molecule is COc1cc(NC(=O)C2(NC(=O)OC(C)(C)C)CCC2)cc(OC)c1C=O. The van der Waals surface area contributed by atoms with E-state index in [-0.39, 0.29) is 23.0 Å². The highest BCUT2D eigenvalue weighted by atomic mass is 16.6. The van der Waals surface area contributed by atoms with Gasteiger partial charge in [-0.3, -0.25) is 9.59 Å². The lowest BCUT2D eigenvalue weighted by Gasteiger charge is -2.40. The number of aldehydes is 1. The van der Waals surface area contributed by atoms with Crippen LogP contribution in [0.4, 0.5) is 10.5 Å². The van der Waals surface area contributed by atoms with E-state index in [9.17, 15) is 14.4 Å². The summed E-state index contributed by atoms with van der Waals surface area (Å²) < 4.78 is 15.7. The lowest BCUT2D eigenvalue weighted by molar-refractivity contribution is -0.125. The van der Waals surface area contributed by atoms with Crippen molar-refractivity contribution in [1.82, 2.24) is 5.32 Å². The zero-order valence-corrected chi connectivity index (χ0v) is 16.3. The number of benzene rings is 1. The van der Waals surface area contributed by atoms with Crippen molar-refractivity contribution in [2.45, 2.75) is 51.2 Å². The minimum atomic E-state index is -1.02. The number of anilines is 1. The molecule has 1 aliphatic carbocycles. The Kier molecular flexibility index (Phi) is 5.98. The Morgan fingerprint density at radius 2 is 1.67 bits per heavy atom. The summed E-state index contributed by atoms with van der Waals surface area (Å²) in [6.45, 7) is 5.27. The highest BCUT2D eigenvalue weighted by Gasteiger charge is 2.46. The zero-order valence-electron chi connectivity index (χ0n) is 16.3. The van der Waals surface area contributed by atoms with Gasteiger partial charge in [-0.1, -0.05) is 0 Å². The maximum Gasteiger partial charge on any atom is 0.408 e. The van der Waals surface area contributed by atoms with Crippen molar-refractivity contribution >= 4 is 24.0 Å². The second-order valence-corrected chi connectivity index (χ2v) is 7.43. The van der Waals surface area contributed by atoms with Crippen LogP contribution in [-0.2, 0) is 9.53 Å². The molecule has 0 heterocycles. The average Bonchev–Trinajstić information content (AvgIpc) is 2.55. The molecule has 2 N–H and O–H groups in total. The number of rotatable bonds is 6. The second kappa shape index (κ2) is 7.85. The summed E-state index contributed by atoms with van der Waals surface area (Å²) in [6.07, 6.45) is 1.84. The molecule has 1 aromatic rings. The fourth-order valence-electron chi connectivity index (χ4n) is 2.82. The van der Waals surface area contributed by atoms with E-state index in [1.807, 2.05) is 0 Å². The molecule has 27 heavy (non-hydrogen) atoms. The lowest BCUT2D eigenvalue weighted by Crippen LogP contribution is -2.61. The van der Waals surface area contributed by atoms with Crippen LogP contribution >= 0.6 is 0 Å². The van der Waals surface area contributed by atoms with Gasteiger partial charge in [-0.05, 0) is 40.0 Å². The Bertz CT molecular complexity index is 709. The molecule has 0 atom stereocenters. The minimum absolute atomic E-state index is 0.253. The Balaban J connectivity index is 2.19. The van der Waals surface area contributed by atoms with Crippen LogP contribution in [0.15, 0.2) is 12.1 Å². The first-order chi connectivity index (χ1) is 12.6. The lowest BCUT2D eigenvalue weighted by atomic mass is 9.76. The molecule has 0 spiro atoms. The fraction of sp³-hybridized carbons (Fsp3) is 0.526. The molecular formula is C19H26N2O6. The third-order valence-electron chi connectivity index (χ3n) is 4.30. The first kappa shape index (κ1) is 20.5. The van der Waals surface area contributed by atoms with Crippen molar-refractivity contribution in [2.24, 2.45) is 0 Å². The first-order valence-electron chi connectivity index (χ1n) is 8.68. The van der Waals surface area contributed by atoms with E-state index in [2.05, 4.69) is 10.6 Å². The van der Waals surface area contributed by atoms with Crippen molar-refractivity contribution in [3.63, 3.8) is 0 Å². The molecule has 1 saturated carbocycles. The summed E-state index contributed by atoms with van der Waals surface area (Å²) in [4.78, 5) is 36.2. The van der Waals surface area contributed by atoms with E-state index >= 15 is 0 Å². The molecule has 0 unspecified atom stereocenters. The van der Waals surface area contributed by atoms with E-state index in [4.69, 9.17) is 14.2 Å². The summed E-state index contributed by atoms with van der Waals surface area (Å²) in [5.74, 6) is 0.201. The number of amides is 2. The van der Waals surface area contributed by atoms with E-state index in [1.165, 1.54) is 26.4 Å². The molecular weight excluding hydrogens is 352 g/mol. The molecule has 148 valence electrons. The number of nitrogens with one attached hydrogen (secondary N) is 2. The van der Waals surface area contributed by atoms with E-state index in [1.54, 1.807) is 20.8 Å². The van der Waals surface area contributed by atoms with Crippen LogP contribution < -0.4 is 20.1 Å². The van der Waals surface area contributed by atoms with Gasteiger partial charge >= 0.3 is 6.09 Å². The van der Waals surface area contributed by atoms with Crippen LogP contribution in [-0.4, -0.2) is 43.6 Å². The smallest absolute Gasteiger partial charge is 0.408 e.